The zero-order valence-corrected chi connectivity index (χ0v) is 8.86. The van der Waals surface area contributed by atoms with Gasteiger partial charge in [0.05, 0.1) is 18.1 Å². The Kier molecular flexibility index (Phi) is 2.51. The van der Waals surface area contributed by atoms with E-state index in [0.717, 1.165) is 11.1 Å². The monoisotopic (exact) mass is 220 g/mol. The van der Waals surface area contributed by atoms with E-state index in [-0.39, 0.29) is 0 Å². The molecule has 2 heterocycles. The maximum Gasteiger partial charge on any atom is 0.148 e. The Labute approximate surface area is 92.2 Å². The van der Waals surface area contributed by atoms with Gasteiger partial charge in [-0.25, -0.2) is 9.97 Å². The predicted molar refractivity (Wildman–Crippen MR) is 59.4 cm³/mol. The lowest BCUT2D eigenvalue weighted by molar-refractivity contribution is 1.19. The van der Waals surface area contributed by atoms with Crippen LogP contribution >= 0.6 is 11.6 Å². The molecule has 2 N–H and O–H groups in total. The average Bonchev–Trinajstić information content (AvgIpc) is 2.22. The van der Waals surface area contributed by atoms with Crippen molar-refractivity contribution in [1.82, 2.24) is 15.0 Å². The van der Waals surface area contributed by atoms with E-state index >= 15 is 0 Å². The van der Waals surface area contributed by atoms with E-state index in [1.165, 1.54) is 6.20 Å². The highest BCUT2D eigenvalue weighted by atomic mass is 35.5. The van der Waals surface area contributed by atoms with Crippen LogP contribution in [0.15, 0.2) is 24.7 Å². The third-order valence-electron chi connectivity index (χ3n) is 2.01. The van der Waals surface area contributed by atoms with Crippen LogP contribution in [0.1, 0.15) is 5.56 Å². The number of halogens is 1. The van der Waals surface area contributed by atoms with Crippen molar-refractivity contribution in [2.45, 2.75) is 6.92 Å². The summed E-state index contributed by atoms with van der Waals surface area (Å²) in [4.78, 5) is 12.1. The Morgan fingerprint density at radius 2 is 2.07 bits per heavy atom. The predicted octanol–water partition coefficient (Wildman–Crippen LogP) is 2.08. The summed E-state index contributed by atoms with van der Waals surface area (Å²) in [6.07, 6.45) is 4.84. The van der Waals surface area contributed by atoms with Gasteiger partial charge >= 0.3 is 0 Å². The first-order valence-electron chi connectivity index (χ1n) is 4.37. The van der Waals surface area contributed by atoms with Crippen molar-refractivity contribution in [2.24, 2.45) is 0 Å². The summed E-state index contributed by atoms with van der Waals surface area (Å²) < 4.78 is 0. The lowest BCUT2D eigenvalue weighted by atomic mass is 10.1. The smallest absolute Gasteiger partial charge is 0.148 e. The lowest BCUT2D eigenvalue weighted by Gasteiger charge is -2.05. The van der Waals surface area contributed by atoms with Gasteiger partial charge in [-0.15, -0.1) is 0 Å². The van der Waals surface area contributed by atoms with E-state index in [2.05, 4.69) is 15.0 Å². The molecule has 0 spiro atoms. The molecule has 0 radical (unpaired) electrons. The second-order valence-corrected chi connectivity index (χ2v) is 3.54. The first kappa shape index (κ1) is 9.86. The maximum absolute atomic E-state index is 5.77. The molecule has 0 bridgehead atoms. The molecule has 0 unspecified atom stereocenters. The minimum Gasteiger partial charge on any atom is -0.384 e. The molecule has 2 aromatic heterocycles. The summed E-state index contributed by atoms with van der Waals surface area (Å²) in [6.45, 7) is 1.93. The number of nitrogens with two attached hydrogens (primary N) is 1. The van der Waals surface area contributed by atoms with E-state index in [4.69, 9.17) is 17.3 Å². The van der Waals surface area contributed by atoms with Gasteiger partial charge in [0.25, 0.3) is 0 Å². The molecule has 4 nitrogen and oxygen atoms in total. The molecule has 0 aromatic carbocycles. The Bertz CT molecular complexity index is 499. The highest BCUT2D eigenvalue weighted by molar-refractivity contribution is 6.29. The van der Waals surface area contributed by atoms with Crippen molar-refractivity contribution in [3.05, 3.63) is 35.4 Å². The Balaban J connectivity index is 2.58. The number of pyridine rings is 1. The van der Waals surface area contributed by atoms with Crippen LogP contribution in [0, 0.1) is 6.92 Å². The number of nitrogens with zero attached hydrogens (tertiary/aromatic N) is 3. The van der Waals surface area contributed by atoms with Crippen LogP contribution in [0.4, 0.5) is 5.82 Å². The van der Waals surface area contributed by atoms with E-state index in [9.17, 15) is 0 Å². The number of hydrogen-bond donors (Lipinski definition) is 1. The number of nitrogen functional groups attached to an aromatic ring is 1. The summed E-state index contributed by atoms with van der Waals surface area (Å²) >= 11 is 5.77. The van der Waals surface area contributed by atoms with Gasteiger partial charge in [-0.05, 0) is 18.6 Å². The average molecular weight is 221 g/mol. The van der Waals surface area contributed by atoms with E-state index in [1.54, 1.807) is 18.5 Å². The number of hydrogen-bond acceptors (Lipinski definition) is 4. The van der Waals surface area contributed by atoms with Crippen molar-refractivity contribution < 1.29 is 0 Å². The molecule has 0 fully saturated rings. The number of aryl methyl sites for hydroxylation is 1. The van der Waals surface area contributed by atoms with Crippen molar-refractivity contribution >= 4 is 17.4 Å². The third-order valence-corrected chi connectivity index (χ3v) is 2.19. The van der Waals surface area contributed by atoms with E-state index in [0.29, 0.717) is 16.7 Å². The standard InChI is InChI=1S/C10H9ClN4/c1-6-3-14-10(12)2-7(6)8-4-13-5-9(11)15-8/h2-5H,1H3,(H2,12,14). The molecule has 0 aliphatic rings. The SMILES string of the molecule is Cc1cnc(N)cc1-c1cncc(Cl)n1. The number of aromatic nitrogens is 3. The molecule has 0 aliphatic carbocycles. The van der Waals surface area contributed by atoms with Gasteiger partial charge in [0.15, 0.2) is 0 Å². The molecule has 0 aliphatic heterocycles. The highest BCUT2D eigenvalue weighted by Gasteiger charge is 2.05. The zero-order valence-electron chi connectivity index (χ0n) is 8.11. The molecular weight excluding hydrogens is 212 g/mol. The van der Waals surface area contributed by atoms with E-state index < -0.39 is 0 Å². The van der Waals surface area contributed by atoms with Gasteiger partial charge in [-0.2, -0.15) is 0 Å². The summed E-state index contributed by atoms with van der Waals surface area (Å²) in [6, 6.07) is 1.76. The van der Waals surface area contributed by atoms with Crippen LogP contribution in [0.2, 0.25) is 5.15 Å². The normalized spacial score (nSPS) is 10.3. The fraction of sp³-hybridized carbons (Fsp3) is 0.100. The molecule has 0 amide bonds. The van der Waals surface area contributed by atoms with Gasteiger partial charge < -0.3 is 5.73 Å². The number of anilines is 1. The number of rotatable bonds is 1. The van der Waals surface area contributed by atoms with Crippen molar-refractivity contribution in [3.63, 3.8) is 0 Å². The van der Waals surface area contributed by atoms with Crippen LogP contribution in [0.5, 0.6) is 0 Å². The Morgan fingerprint density at radius 3 is 2.80 bits per heavy atom. The summed E-state index contributed by atoms with van der Waals surface area (Å²) in [5.74, 6) is 0.456. The summed E-state index contributed by atoms with van der Waals surface area (Å²) in [7, 11) is 0. The molecule has 15 heavy (non-hydrogen) atoms. The van der Waals surface area contributed by atoms with Crippen LogP contribution < -0.4 is 5.73 Å². The van der Waals surface area contributed by atoms with Crippen LogP contribution in [0.3, 0.4) is 0 Å². The summed E-state index contributed by atoms with van der Waals surface area (Å²) in [5, 5.41) is 0.363. The van der Waals surface area contributed by atoms with Gasteiger partial charge in [0.2, 0.25) is 0 Å². The molecule has 0 saturated carbocycles. The van der Waals surface area contributed by atoms with Gasteiger partial charge in [0.1, 0.15) is 11.0 Å². The fourth-order valence-electron chi connectivity index (χ4n) is 1.29. The Hall–Kier alpha value is -1.68. The van der Waals surface area contributed by atoms with Crippen molar-refractivity contribution in [1.29, 1.82) is 0 Å². The van der Waals surface area contributed by atoms with E-state index in [1.807, 2.05) is 6.92 Å². The quantitative estimate of drug-likeness (QED) is 0.799. The van der Waals surface area contributed by atoms with Crippen molar-refractivity contribution in [3.8, 4) is 11.3 Å². The van der Waals surface area contributed by atoms with Crippen LogP contribution in [-0.4, -0.2) is 15.0 Å². The highest BCUT2D eigenvalue weighted by Crippen LogP contribution is 2.22. The van der Waals surface area contributed by atoms with Gasteiger partial charge in [0, 0.05) is 11.8 Å². The molecule has 76 valence electrons. The topological polar surface area (TPSA) is 64.7 Å². The second kappa shape index (κ2) is 3.82. The largest absolute Gasteiger partial charge is 0.384 e. The summed E-state index contributed by atoms with van der Waals surface area (Å²) in [5.41, 5.74) is 8.20. The first-order chi connectivity index (χ1) is 7.16. The van der Waals surface area contributed by atoms with Crippen molar-refractivity contribution in [2.75, 3.05) is 5.73 Å². The molecule has 0 atom stereocenters. The maximum atomic E-state index is 5.77. The molecule has 2 rings (SSSR count). The molecule has 5 heteroatoms. The molecule has 2 aromatic rings. The molecular formula is C10H9ClN4. The van der Waals surface area contributed by atoms with Gasteiger partial charge in [-0.1, -0.05) is 11.6 Å². The lowest BCUT2D eigenvalue weighted by Crippen LogP contribution is -1.94. The first-order valence-corrected chi connectivity index (χ1v) is 4.74. The van der Waals surface area contributed by atoms with Crippen LogP contribution in [0.25, 0.3) is 11.3 Å². The third kappa shape index (κ3) is 2.05. The van der Waals surface area contributed by atoms with Gasteiger partial charge in [-0.3, -0.25) is 4.98 Å². The molecule has 0 saturated heterocycles. The Morgan fingerprint density at radius 1 is 1.27 bits per heavy atom. The van der Waals surface area contributed by atoms with Crippen LogP contribution in [-0.2, 0) is 0 Å². The second-order valence-electron chi connectivity index (χ2n) is 3.15. The minimum absolute atomic E-state index is 0.363. The minimum atomic E-state index is 0.363. The zero-order chi connectivity index (χ0) is 10.8. The fourth-order valence-corrected chi connectivity index (χ4v) is 1.44.